The van der Waals surface area contributed by atoms with E-state index in [2.05, 4.69) is 4.90 Å². The van der Waals surface area contributed by atoms with E-state index >= 15 is 0 Å². The summed E-state index contributed by atoms with van der Waals surface area (Å²) >= 11 is 0. The Labute approximate surface area is 171 Å². The number of carbonyl (C=O) groups is 1. The minimum atomic E-state index is -0.758. The van der Waals surface area contributed by atoms with Gasteiger partial charge in [-0.2, -0.15) is 5.26 Å². The standard InChI is InChI=1S/C22H29F2N4O/c23-19-15-21(20(24)14-17(19)16-25)28(12-2-1-3-13-28)22(29)27-9-5-8-26(10-11-27)18-6-4-7-18/h14-15,18H,1-13H2/q+1. The molecule has 0 bridgehead atoms. The number of halogens is 2. The van der Waals surface area contributed by atoms with Crippen molar-refractivity contribution in [3.05, 3.63) is 29.3 Å². The monoisotopic (exact) mass is 403 g/mol. The molecule has 2 heterocycles. The third kappa shape index (κ3) is 3.76. The highest BCUT2D eigenvalue weighted by Crippen LogP contribution is 2.35. The molecule has 1 saturated carbocycles. The number of nitrogens with zero attached hydrogens (tertiary/aromatic N) is 4. The quantitative estimate of drug-likeness (QED) is 0.701. The average Bonchev–Trinajstić information content (AvgIpc) is 2.94. The van der Waals surface area contributed by atoms with Crippen LogP contribution in [0.15, 0.2) is 12.1 Å². The summed E-state index contributed by atoms with van der Waals surface area (Å²) in [5, 5.41) is 9.01. The third-order valence-corrected chi connectivity index (χ3v) is 6.96. The average molecular weight is 403 g/mol. The molecular weight excluding hydrogens is 374 g/mol. The van der Waals surface area contributed by atoms with E-state index in [4.69, 9.17) is 5.26 Å². The number of likely N-dealkylation sites (tertiary alicyclic amines) is 1. The van der Waals surface area contributed by atoms with Crippen LogP contribution in [0.3, 0.4) is 0 Å². The minimum absolute atomic E-state index is 0.0753. The van der Waals surface area contributed by atoms with E-state index < -0.39 is 11.6 Å². The molecule has 29 heavy (non-hydrogen) atoms. The number of rotatable bonds is 2. The predicted octanol–water partition coefficient (Wildman–Crippen LogP) is 4.01. The highest BCUT2D eigenvalue weighted by molar-refractivity contribution is 5.87. The maximum atomic E-state index is 15.0. The van der Waals surface area contributed by atoms with Gasteiger partial charge < -0.3 is 0 Å². The van der Waals surface area contributed by atoms with E-state index in [-0.39, 0.29) is 21.8 Å². The second-order valence-corrected chi connectivity index (χ2v) is 8.61. The SMILES string of the molecule is N#Cc1cc(F)c([N+]2(C(=O)N3CCCN(C4CCC4)CC3)CCCCC2)cc1F. The van der Waals surface area contributed by atoms with Gasteiger partial charge in [-0.05, 0) is 38.5 Å². The Morgan fingerprint density at radius 3 is 2.38 bits per heavy atom. The van der Waals surface area contributed by atoms with Gasteiger partial charge in [0.15, 0.2) is 11.5 Å². The first-order valence-electron chi connectivity index (χ1n) is 10.9. The smallest absolute Gasteiger partial charge is 0.299 e. The van der Waals surface area contributed by atoms with Crippen molar-refractivity contribution in [1.29, 1.82) is 5.26 Å². The zero-order valence-corrected chi connectivity index (χ0v) is 16.9. The van der Waals surface area contributed by atoms with Crippen LogP contribution in [0.2, 0.25) is 0 Å². The normalized spacial score (nSPS) is 23.1. The Morgan fingerprint density at radius 2 is 1.72 bits per heavy atom. The van der Waals surface area contributed by atoms with Crippen molar-refractivity contribution in [3.8, 4) is 6.07 Å². The second kappa shape index (κ2) is 8.37. The molecule has 156 valence electrons. The van der Waals surface area contributed by atoms with Crippen LogP contribution in [0.1, 0.15) is 50.5 Å². The van der Waals surface area contributed by atoms with Crippen LogP contribution in [-0.2, 0) is 0 Å². The lowest BCUT2D eigenvalue weighted by atomic mass is 9.91. The zero-order chi connectivity index (χ0) is 20.4. The third-order valence-electron chi connectivity index (χ3n) is 6.96. The first-order chi connectivity index (χ1) is 14.0. The summed E-state index contributed by atoms with van der Waals surface area (Å²) in [4.78, 5) is 18.1. The van der Waals surface area contributed by atoms with Gasteiger partial charge in [0.1, 0.15) is 11.9 Å². The highest BCUT2D eigenvalue weighted by Gasteiger charge is 2.46. The number of nitriles is 1. The maximum Gasteiger partial charge on any atom is 0.424 e. The molecule has 0 unspecified atom stereocenters. The van der Waals surface area contributed by atoms with Crippen LogP contribution in [0.5, 0.6) is 0 Å². The number of hydrogen-bond donors (Lipinski definition) is 0. The van der Waals surface area contributed by atoms with Crippen molar-refractivity contribution in [1.82, 2.24) is 14.3 Å². The Hall–Kier alpha value is -2.04. The lowest BCUT2D eigenvalue weighted by Crippen LogP contribution is -2.63. The Kier molecular flexibility index (Phi) is 5.84. The summed E-state index contributed by atoms with van der Waals surface area (Å²) in [5.74, 6) is -1.42. The predicted molar refractivity (Wildman–Crippen MR) is 107 cm³/mol. The van der Waals surface area contributed by atoms with Crippen LogP contribution in [0.4, 0.5) is 19.3 Å². The van der Waals surface area contributed by atoms with Crippen molar-refractivity contribution in [2.24, 2.45) is 0 Å². The number of piperidine rings is 1. The van der Waals surface area contributed by atoms with Crippen LogP contribution in [-0.4, -0.2) is 61.1 Å². The van der Waals surface area contributed by atoms with Gasteiger partial charge in [-0.1, -0.05) is 6.42 Å². The van der Waals surface area contributed by atoms with E-state index in [1.807, 2.05) is 4.90 Å². The first kappa shape index (κ1) is 20.2. The fourth-order valence-corrected chi connectivity index (χ4v) is 5.05. The lowest BCUT2D eigenvalue weighted by Gasteiger charge is -2.41. The highest BCUT2D eigenvalue weighted by atomic mass is 19.1. The zero-order valence-electron chi connectivity index (χ0n) is 16.9. The molecule has 1 aromatic rings. The lowest BCUT2D eigenvalue weighted by molar-refractivity contribution is 0.124. The Bertz CT molecular complexity index is 812. The summed E-state index contributed by atoms with van der Waals surface area (Å²) in [6.07, 6.45) is 7.26. The van der Waals surface area contributed by atoms with Gasteiger partial charge in [-0.3, -0.25) is 9.80 Å². The van der Waals surface area contributed by atoms with E-state index in [0.717, 1.165) is 50.9 Å². The van der Waals surface area contributed by atoms with Crippen LogP contribution in [0.25, 0.3) is 0 Å². The number of amides is 2. The molecule has 0 N–H and O–H groups in total. The molecule has 3 fully saturated rings. The van der Waals surface area contributed by atoms with Crippen molar-refractivity contribution in [3.63, 3.8) is 0 Å². The molecule has 0 spiro atoms. The van der Waals surface area contributed by atoms with Gasteiger partial charge in [0.25, 0.3) is 0 Å². The van der Waals surface area contributed by atoms with E-state index in [9.17, 15) is 13.6 Å². The van der Waals surface area contributed by atoms with Gasteiger partial charge in [-0.15, -0.1) is 0 Å². The summed E-state index contributed by atoms with van der Waals surface area (Å²) in [6.45, 7) is 4.08. The molecule has 2 aliphatic heterocycles. The molecule has 0 radical (unpaired) electrons. The Morgan fingerprint density at radius 1 is 0.966 bits per heavy atom. The summed E-state index contributed by atoms with van der Waals surface area (Å²) in [7, 11) is 0. The Balaban J connectivity index is 1.62. The number of hydrogen-bond acceptors (Lipinski definition) is 3. The van der Waals surface area contributed by atoms with Gasteiger partial charge in [0.05, 0.1) is 18.7 Å². The largest absolute Gasteiger partial charge is 0.424 e. The van der Waals surface area contributed by atoms with Crippen molar-refractivity contribution in [2.45, 2.75) is 51.0 Å². The summed E-state index contributed by atoms with van der Waals surface area (Å²) < 4.78 is 29.2. The summed E-state index contributed by atoms with van der Waals surface area (Å²) in [5.41, 5.74) is -0.244. The van der Waals surface area contributed by atoms with E-state index in [1.54, 1.807) is 6.07 Å². The molecule has 2 saturated heterocycles. The van der Waals surface area contributed by atoms with E-state index in [1.165, 1.54) is 19.3 Å². The van der Waals surface area contributed by atoms with Crippen molar-refractivity contribution >= 4 is 11.7 Å². The first-order valence-corrected chi connectivity index (χ1v) is 10.9. The number of urea groups is 1. The fraction of sp³-hybridized carbons (Fsp3) is 0.636. The second-order valence-electron chi connectivity index (χ2n) is 8.61. The van der Waals surface area contributed by atoms with Crippen LogP contribution in [0, 0.1) is 23.0 Å². The molecular formula is C22H29F2N4O+. The number of quaternary nitrogens is 1. The molecule has 0 aromatic heterocycles. The number of carbonyl (C=O) groups excluding carboxylic acids is 1. The van der Waals surface area contributed by atoms with Crippen LogP contribution < -0.4 is 4.48 Å². The van der Waals surface area contributed by atoms with Gasteiger partial charge in [0.2, 0.25) is 0 Å². The fourth-order valence-electron chi connectivity index (χ4n) is 5.05. The van der Waals surface area contributed by atoms with Crippen molar-refractivity contribution < 1.29 is 13.6 Å². The molecule has 4 rings (SSSR count). The molecule has 7 heteroatoms. The van der Waals surface area contributed by atoms with Crippen LogP contribution >= 0.6 is 0 Å². The molecule has 0 atom stereocenters. The van der Waals surface area contributed by atoms with E-state index in [0.29, 0.717) is 32.2 Å². The molecule has 1 aromatic carbocycles. The van der Waals surface area contributed by atoms with Gasteiger partial charge in [-0.25, -0.2) is 18.1 Å². The molecule has 1 aliphatic carbocycles. The maximum absolute atomic E-state index is 15.0. The molecule has 2 amide bonds. The van der Waals surface area contributed by atoms with Gasteiger partial charge >= 0.3 is 6.03 Å². The summed E-state index contributed by atoms with van der Waals surface area (Å²) in [6, 6.07) is 4.22. The molecule has 3 aliphatic rings. The minimum Gasteiger partial charge on any atom is -0.299 e. The number of benzene rings is 1. The topological polar surface area (TPSA) is 47.3 Å². The molecule has 5 nitrogen and oxygen atoms in total. The van der Waals surface area contributed by atoms with Gasteiger partial charge in [0, 0.05) is 44.4 Å². The van der Waals surface area contributed by atoms with Crippen molar-refractivity contribution in [2.75, 3.05) is 39.3 Å².